The minimum Gasteiger partial charge on any atom is -0.497 e. The first-order chi connectivity index (χ1) is 14.2. The average molecular weight is 413 g/mol. The van der Waals surface area contributed by atoms with Gasteiger partial charge >= 0.3 is 0 Å². The number of carbonyl (C=O) groups is 1. The summed E-state index contributed by atoms with van der Waals surface area (Å²) >= 11 is 1.42. The molecule has 0 bridgehead atoms. The normalized spacial score (nSPS) is 14.7. The molecule has 7 nitrogen and oxygen atoms in total. The highest BCUT2D eigenvalue weighted by Gasteiger charge is 2.26. The Bertz CT molecular complexity index is 933. The first kappa shape index (κ1) is 19.4. The molecule has 152 valence electrons. The Kier molecular flexibility index (Phi) is 6.09. The van der Waals surface area contributed by atoms with Crippen molar-refractivity contribution in [1.82, 2.24) is 14.7 Å². The highest BCUT2D eigenvalue weighted by molar-refractivity contribution is 7.09. The van der Waals surface area contributed by atoms with Crippen molar-refractivity contribution in [3.63, 3.8) is 0 Å². The maximum Gasteiger partial charge on any atom is 0.223 e. The predicted octanol–water partition coefficient (Wildman–Crippen LogP) is 3.26. The fraction of sp³-hybridized carbons (Fsp3) is 0.381. The van der Waals surface area contributed by atoms with Crippen molar-refractivity contribution >= 4 is 22.6 Å². The van der Waals surface area contributed by atoms with Gasteiger partial charge in [0.25, 0.3) is 0 Å². The summed E-state index contributed by atoms with van der Waals surface area (Å²) < 4.78 is 15.0. The lowest BCUT2D eigenvalue weighted by Crippen LogP contribution is -2.40. The van der Waals surface area contributed by atoms with Crippen molar-refractivity contribution in [3.8, 4) is 5.75 Å². The number of methoxy groups -OCH3 is 1. The predicted molar refractivity (Wildman–Crippen MR) is 111 cm³/mol. The quantitative estimate of drug-likeness (QED) is 0.642. The van der Waals surface area contributed by atoms with Crippen molar-refractivity contribution in [2.24, 2.45) is 5.92 Å². The van der Waals surface area contributed by atoms with E-state index in [1.807, 2.05) is 30.3 Å². The van der Waals surface area contributed by atoms with Crippen LogP contribution in [-0.4, -0.2) is 35.5 Å². The molecule has 4 rings (SSSR count). The number of hydrogen-bond donors (Lipinski definition) is 1. The van der Waals surface area contributed by atoms with Gasteiger partial charge in [-0.15, -0.1) is 0 Å². The third-order valence-corrected chi connectivity index (χ3v) is 5.92. The van der Waals surface area contributed by atoms with Crippen molar-refractivity contribution < 1.29 is 13.9 Å². The molecule has 3 heterocycles. The number of nitrogens with zero attached hydrogens (tertiary/aromatic N) is 3. The van der Waals surface area contributed by atoms with E-state index in [2.05, 4.69) is 20.7 Å². The molecule has 1 amide bonds. The van der Waals surface area contributed by atoms with Crippen LogP contribution in [0.5, 0.6) is 5.75 Å². The maximum atomic E-state index is 12.4. The zero-order chi connectivity index (χ0) is 20.1. The van der Waals surface area contributed by atoms with Gasteiger partial charge in [0.15, 0.2) is 0 Å². The molecule has 1 aromatic carbocycles. The monoisotopic (exact) mass is 412 g/mol. The minimum atomic E-state index is 0.0328. The molecule has 0 spiro atoms. The van der Waals surface area contributed by atoms with Crippen LogP contribution in [0.4, 0.5) is 5.13 Å². The molecule has 2 aromatic heterocycles. The lowest BCUT2D eigenvalue weighted by Gasteiger charge is -2.30. The topological polar surface area (TPSA) is 80.5 Å². The highest BCUT2D eigenvalue weighted by Crippen LogP contribution is 2.26. The standard InChI is InChI=1S/C21H24N4O3S/c1-27-17-5-2-4-15(12-17)13-19-23-21(29-24-19)25-9-7-16(8-10-25)20(26)22-14-18-6-3-11-28-18/h2-6,11-12,16H,7-10,13-14H2,1H3,(H,22,26). The second kappa shape index (κ2) is 9.09. The van der Waals surface area contributed by atoms with Crippen molar-refractivity contribution in [1.29, 1.82) is 0 Å². The van der Waals surface area contributed by atoms with Gasteiger partial charge in [-0.3, -0.25) is 4.79 Å². The summed E-state index contributed by atoms with van der Waals surface area (Å²) in [6.07, 6.45) is 3.92. The summed E-state index contributed by atoms with van der Waals surface area (Å²) in [6.45, 7) is 2.06. The fourth-order valence-electron chi connectivity index (χ4n) is 3.47. The Balaban J connectivity index is 1.28. The second-order valence-electron chi connectivity index (χ2n) is 7.08. The van der Waals surface area contributed by atoms with Crippen molar-refractivity contribution in [3.05, 3.63) is 59.8 Å². The van der Waals surface area contributed by atoms with E-state index in [4.69, 9.17) is 14.1 Å². The number of hydrogen-bond acceptors (Lipinski definition) is 7. The molecule has 0 unspecified atom stereocenters. The summed E-state index contributed by atoms with van der Waals surface area (Å²) in [6, 6.07) is 11.6. The molecule has 8 heteroatoms. The van der Waals surface area contributed by atoms with Gasteiger partial charge in [0.05, 0.1) is 19.9 Å². The van der Waals surface area contributed by atoms with E-state index in [0.29, 0.717) is 13.0 Å². The largest absolute Gasteiger partial charge is 0.497 e. The van der Waals surface area contributed by atoms with Crippen LogP contribution in [0.3, 0.4) is 0 Å². The number of carbonyl (C=O) groups excluding carboxylic acids is 1. The van der Waals surface area contributed by atoms with Crippen LogP contribution in [-0.2, 0) is 17.8 Å². The number of piperidine rings is 1. The van der Waals surface area contributed by atoms with E-state index in [-0.39, 0.29) is 11.8 Å². The summed E-state index contributed by atoms with van der Waals surface area (Å²) in [7, 11) is 1.67. The molecule has 1 saturated heterocycles. The smallest absolute Gasteiger partial charge is 0.223 e. The molecule has 29 heavy (non-hydrogen) atoms. The lowest BCUT2D eigenvalue weighted by molar-refractivity contribution is -0.125. The van der Waals surface area contributed by atoms with Crippen molar-refractivity contribution in [2.45, 2.75) is 25.8 Å². The van der Waals surface area contributed by atoms with Crippen LogP contribution in [0, 0.1) is 5.92 Å². The van der Waals surface area contributed by atoms with E-state index in [9.17, 15) is 4.79 Å². The van der Waals surface area contributed by atoms with Gasteiger partial charge in [-0.25, -0.2) is 4.98 Å². The van der Waals surface area contributed by atoms with Crippen LogP contribution in [0.1, 0.15) is 30.0 Å². The Morgan fingerprint density at radius 2 is 2.17 bits per heavy atom. The summed E-state index contributed by atoms with van der Waals surface area (Å²) in [5, 5.41) is 3.89. The Hall–Kier alpha value is -2.87. The minimum absolute atomic E-state index is 0.0328. The molecule has 0 saturated carbocycles. The molecule has 3 aromatic rings. The van der Waals surface area contributed by atoms with E-state index in [0.717, 1.165) is 54.0 Å². The fourth-order valence-corrected chi connectivity index (χ4v) is 4.21. The van der Waals surface area contributed by atoms with Gasteiger partial charge in [-0.1, -0.05) is 12.1 Å². The van der Waals surface area contributed by atoms with Gasteiger partial charge in [-0.05, 0) is 42.7 Å². The number of aromatic nitrogens is 2. The molecule has 0 aliphatic carbocycles. The van der Waals surface area contributed by atoms with E-state index < -0.39 is 0 Å². The highest BCUT2D eigenvalue weighted by atomic mass is 32.1. The third-order valence-electron chi connectivity index (χ3n) is 5.11. The first-order valence-corrected chi connectivity index (χ1v) is 10.5. The number of nitrogens with one attached hydrogen (secondary N) is 1. The van der Waals surface area contributed by atoms with E-state index in [1.54, 1.807) is 13.4 Å². The van der Waals surface area contributed by atoms with Crippen LogP contribution in [0.2, 0.25) is 0 Å². The Morgan fingerprint density at radius 3 is 2.93 bits per heavy atom. The number of rotatable bonds is 7. The van der Waals surface area contributed by atoms with Crippen LogP contribution < -0.4 is 15.0 Å². The molecule has 1 aliphatic rings. The number of amides is 1. The summed E-state index contributed by atoms with van der Waals surface area (Å²) in [5.41, 5.74) is 1.13. The molecule has 1 aliphatic heterocycles. The molecule has 0 atom stereocenters. The van der Waals surface area contributed by atoms with Gasteiger partial charge < -0.3 is 19.4 Å². The molecular weight excluding hydrogens is 388 g/mol. The van der Waals surface area contributed by atoms with Gasteiger partial charge in [0.1, 0.15) is 17.3 Å². The first-order valence-electron chi connectivity index (χ1n) is 9.72. The molecule has 1 N–H and O–H groups in total. The maximum absolute atomic E-state index is 12.4. The van der Waals surface area contributed by atoms with Gasteiger partial charge in [-0.2, -0.15) is 4.37 Å². The third kappa shape index (κ3) is 4.95. The lowest BCUT2D eigenvalue weighted by atomic mass is 9.96. The molecular formula is C21H24N4O3S. The number of furan rings is 1. The Morgan fingerprint density at radius 1 is 1.31 bits per heavy atom. The molecule has 0 radical (unpaired) electrons. The second-order valence-corrected chi connectivity index (χ2v) is 7.81. The van der Waals surface area contributed by atoms with Crippen LogP contribution in [0.25, 0.3) is 0 Å². The molecule has 1 fully saturated rings. The summed E-state index contributed by atoms with van der Waals surface area (Å²) in [4.78, 5) is 19.3. The van der Waals surface area contributed by atoms with E-state index >= 15 is 0 Å². The average Bonchev–Trinajstić information content (AvgIpc) is 3.44. The number of anilines is 1. The van der Waals surface area contributed by atoms with E-state index in [1.165, 1.54) is 11.5 Å². The Labute approximate surface area is 173 Å². The summed E-state index contributed by atoms with van der Waals surface area (Å²) in [5.74, 6) is 2.55. The van der Waals surface area contributed by atoms with Gasteiger partial charge in [0, 0.05) is 37.0 Å². The van der Waals surface area contributed by atoms with Crippen LogP contribution in [0.15, 0.2) is 47.1 Å². The van der Waals surface area contributed by atoms with Crippen molar-refractivity contribution in [2.75, 3.05) is 25.1 Å². The zero-order valence-corrected chi connectivity index (χ0v) is 17.2. The number of benzene rings is 1. The number of ether oxygens (including phenoxy) is 1. The zero-order valence-electron chi connectivity index (χ0n) is 16.3. The van der Waals surface area contributed by atoms with Crippen LogP contribution >= 0.6 is 11.5 Å². The van der Waals surface area contributed by atoms with Gasteiger partial charge in [0.2, 0.25) is 11.0 Å². The SMILES string of the molecule is COc1cccc(Cc2nsc(N3CCC(C(=O)NCc4ccco4)CC3)n2)c1.